The molecule has 9 aromatic rings. The van der Waals surface area contributed by atoms with Gasteiger partial charge in [0.15, 0.2) is 0 Å². The van der Waals surface area contributed by atoms with Gasteiger partial charge in [-0.05, 0) is 154 Å². The Morgan fingerprint density at radius 3 is 1.13 bits per heavy atom. The lowest BCUT2D eigenvalue weighted by atomic mass is 9.91. The van der Waals surface area contributed by atoms with Crippen molar-refractivity contribution in [2.75, 3.05) is 36.2 Å². The number of carbonyl (C=O) groups is 1. The van der Waals surface area contributed by atoms with E-state index in [-0.39, 0.29) is 12.4 Å². The van der Waals surface area contributed by atoms with Crippen molar-refractivity contribution in [2.24, 2.45) is 0 Å². The molecule has 70 heavy (non-hydrogen) atoms. The largest absolute Gasteiger partial charge is 0.508 e. The maximum absolute atomic E-state index is 10.3. The number of nitrogens with zero attached hydrogens (tertiary/aromatic N) is 2. The summed E-state index contributed by atoms with van der Waals surface area (Å²) in [6, 6.07) is 83.2. The van der Waals surface area contributed by atoms with E-state index in [9.17, 15) is 9.90 Å². The molecule has 344 valence electrons. The van der Waals surface area contributed by atoms with Gasteiger partial charge in [-0.1, -0.05) is 146 Å². The molecule has 0 unspecified atom stereocenters. The van der Waals surface area contributed by atoms with Gasteiger partial charge in [-0.25, -0.2) is 0 Å². The molecule has 0 radical (unpaired) electrons. The summed E-state index contributed by atoms with van der Waals surface area (Å²) in [4.78, 5) is 14.7. The number of benzene rings is 9. The summed E-state index contributed by atoms with van der Waals surface area (Å²) in [7, 11) is 0. The Hall–Kier alpha value is -8.91. The number of phenols is 1. The first-order valence-corrected chi connectivity index (χ1v) is 23.3. The van der Waals surface area contributed by atoms with Crippen molar-refractivity contribution >= 4 is 63.9 Å². The van der Waals surface area contributed by atoms with Crippen LogP contribution in [0, 0.1) is 0 Å². The summed E-state index contributed by atoms with van der Waals surface area (Å²) < 4.78 is 16.0. The predicted octanol–water partition coefficient (Wildman–Crippen LogP) is 15.1. The van der Waals surface area contributed by atoms with Crippen molar-refractivity contribution in [1.82, 2.24) is 0 Å². The molecule has 0 bridgehead atoms. The summed E-state index contributed by atoms with van der Waals surface area (Å²) in [5.41, 5.74) is 14.9. The van der Waals surface area contributed by atoms with Crippen LogP contribution in [0.4, 0.5) is 34.1 Å². The zero-order chi connectivity index (χ0) is 47.7. The molecule has 9 rings (SSSR count). The molecule has 7 nitrogen and oxygen atoms in total. The second-order valence-corrected chi connectivity index (χ2v) is 16.4. The molecule has 0 fully saturated rings. The lowest BCUT2D eigenvalue weighted by Gasteiger charge is -2.25. The fraction of sp³-hybridized carbons (Fsp3) is 0.0635. The van der Waals surface area contributed by atoms with Gasteiger partial charge in [0.25, 0.3) is 6.47 Å². The first-order chi connectivity index (χ1) is 34.6. The highest BCUT2D eigenvalue weighted by Crippen LogP contribution is 2.38. The van der Waals surface area contributed by atoms with Gasteiger partial charge >= 0.3 is 0 Å². The highest BCUT2D eigenvalue weighted by atomic mass is 16.6. The number of rotatable bonds is 20. The van der Waals surface area contributed by atoms with Gasteiger partial charge in [-0.3, -0.25) is 4.79 Å². The summed E-state index contributed by atoms with van der Waals surface area (Å²) in [6.07, 6.45) is 4.52. The first-order valence-electron chi connectivity index (χ1n) is 23.3. The van der Waals surface area contributed by atoms with Crippen molar-refractivity contribution in [3.8, 4) is 11.5 Å². The minimum atomic E-state index is 0.223. The van der Waals surface area contributed by atoms with Crippen LogP contribution in [0.1, 0.15) is 33.4 Å². The zero-order valence-electron chi connectivity index (χ0n) is 38.6. The average Bonchev–Trinajstić information content (AvgIpc) is 3.42. The number of phenolic OH excluding ortho intramolecular Hbond substituents is 1. The Bertz CT molecular complexity index is 3090. The van der Waals surface area contributed by atoms with Crippen LogP contribution in [-0.4, -0.2) is 38.0 Å². The quantitative estimate of drug-likeness (QED) is 0.0464. The molecular formula is C63H52N2O5. The number of para-hydroxylation sites is 2. The van der Waals surface area contributed by atoms with Crippen LogP contribution < -0.4 is 14.5 Å². The fourth-order valence-corrected chi connectivity index (χ4v) is 8.32. The number of hydrogen-bond acceptors (Lipinski definition) is 7. The molecule has 0 heterocycles. The molecule has 0 spiro atoms. The fourth-order valence-electron chi connectivity index (χ4n) is 8.32. The smallest absolute Gasteiger partial charge is 0.293 e. The van der Waals surface area contributed by atoms with E-state index in [0.29, 0.717) is 26.3 Å². The van der Waals surface area contributed by atoms with Crippen LogP contribution in [0.2, 0.25) is 0 Å². The van der Waals surface area contributed by atoms with E-state index in [4.69, 9.17) is 9.47 Å². The predicted molar refractivity (Wildman–Crippen MR) is 286 cm³/mol. The second-order valence-electron chi connectivity index (χ2n) is 16.4. The van der Waals surface area contributed by atoms with Crippen LogP contribution in [0.3, 0.4) is 0 Å². The van der Waals surface area contributed by atoms with Crippen LogP contribution >= 0.6 is 0 Å². The average molecular weight is 917 g/mol. The van der Waals surface area contributed by atoms with E-state index in [1.807, 2.05) is 60.7 Å². The van der Waals surface area contributed by atoms with Gasteiger partial charge in [0.2, 0.25) is 0 Å². The van der Waals surface area contributed by atoms with Gasteiger partial charge in [0.1, 0.15) is 24.7 Å². The van der Waals surface area contributed by atoms with E-state index < -0.39 is 0 Å². The SMILES string of the molecule is O=COCCOCCOc1ccc(N(c2ccccc2)c2ccc(C=C(c3ccccc3)c3ccc(C(=Cc4ccc(N(c5ccccc5)c5ccc(O)cc5)cc4)c4ccccc4)cc3)cc2)cc1. The topological polar surface area (TPSA) is 71.5 Å². The third kappa shape index (κ3) is 11.8. The number of carbonyl (C=O) groups excluding carboxylic acids is 1. The minimum Gasteiger partial charge on any atom is -0.508 e. The molecule has 0 atom stereocenters. The standard InChI is InChI=1S/C63H52N2O5/c66-47-69-42-41-68-43-44-70-61-39-35-59(36-40-61)65(55-19-11-4-12-20-55)57-31-23-49(24-32-57)46-63(51-15-7-2-8-16-51)53-27-25-52(26-28-53)62(50-13-5-1-6-14-50)45-48-21-29-56(30-22-48)64(54-17-9-3-10-18-54)58-33-37-60(67)38-34-58/h1-40,45-47,67H,41-44H2. The highest BCUT2D eigenvalue weighted by Gasteiger charge is 2.16. The van der Waals surface area contributed by atoms with E-state index in [1.165, 1.54) is 0 Å². The van der Waals surface area contributed by atoms with Crippen LogP contribution in [0.25, 0.3) is 23.3 Å². The van der Waals surface area contributed by atoms with E-state index in [0.717, 1.165) is 84.4 Å². The molecule has 7 heteroatoms. The van der Waals surface area contributed by atoms with E-state index in [2.05, 4.69) is 197 Å². The molecule has 0 amide bonds. The Morgan fingerprint density at radius 1 is 0.371 bits per heavy atom. The number of aromatic hydroxyl groups is 1. The third-order valence-corrected chi connectivity index (χ3v) is 11.7. The molecular weight excluding hydrogens is 865 g/mol. The molecule has 0 saturated carbocycles. The highest BCUT2D eigenvalue weighted by molar-refractivity contribution is 5.95. The van der Waals surface area contributed by atoms with Crippen molar-refractivity contribution < 1.29 is 24.1 Å². The maximum Gasteiger partial charge on any atom is 0.293 e. The summed E-state index contributed by atoms with van der Waals surface area (Å²) in [6.45, 7) is 1.74. The van der Waals surface area contributed by atoms with Gasteiger partial charge in [-0.2, -0.15) is 0 Å². The number of anilines is 6. The first kappa shape index (κ1) is 46.2. The normalized spacial score (nSPS) is 11.4. The molecule has 0 aliphatic heterocycles. The molecule has 1 N–H and O–H groups in total. The molecule has 0 aromatic heterocycles. The lowest BCUT2D eigenvalue weighted by Crippen LogP contribution is -2.11. The van der Waals surface area contributed by atoms with Crippen molar-refractivity contribution in [2.45, 2.75) is 0 Å². The maximum atomic E-state index is 10.3. The Labute approximate surface area is 410 Å². The van der Waals surface area contributed by atoms with Crippen molar-refractivity contribution in [3.05, 3.63) is 276 Å². The van der Waals surface area contributed by atoms with Crippen molar-refractivity contribution in [1.29, 1.82) is 0 Å². The molecule has 0 aliphatic carbocycles. The Morgan fingerprint density at radius 2 is 0.714 bits per heavy atom. The van der Waals surface area contributed by atoms with E-state index >= 15 is 0 Å². The van der Waals surface area contributed by atoms with Gasteiger partial charge < -0.3 is 29.1 Å². The zero-order valence-corrected chi connectivity index (χ0v) is 38.6. The van der Waals surface area contributed by atoms with Crippen LogP contribution in [-0.2, 0) is 14.3 Å². The lowest BCUT2D eigenvalue weighted by molar-refractivity contribution is -0.130. The number of hydrogen-bond donors (Lipinski definition) is 1. The van der Waals surface area contributed by atoms with Crippen LogP contribution in [0.5, 0.6) is 11.5 Å². The molecule has 9 aromatic carbocycles. The van der Waals surface area contributed by atoms with Gasteiger partial charge in [0.05, 0.1) is 13.2 Å². The Kier molecular flexibility index (Phi) is 15.3. The Balaban J connectivity index is 0.983. The summed E-state index contributed by atoms with van der Waals surface area (Å²) in [5, 5.41) is 10.0. The summed E-state index contributed by atoms with van der Waals surface area (Å²) in [5.74, 6) is 0.972. The third-order valence-electron chi connectivity index (χ3n) is 11.7. The number of ether oxygens (including phenoxy) is 3. The van der Waals surface area contributed by atoms with Gasteiger partial charge in [-0.15, -0.1) is 0 Å². The summed E-state index contributed by atoms with van der Waals surface area (Å²) >= 11 is 0. The minimum absolute atomic E-state index is 0.223. The second kappa shape index (κ2) is 23.2. The van der Waals surface area contributed by atoms with E-state index in [1.54, 1.807) is 12.1 Å². The monoisotopic (exact) mass is 916 g/mol. The molecule has 0 aliphatic rings. The van der Waals surface area contributed by atoms with Crippen LogP contribution in [0.15, 0.2) is 243 Å². The van der Waals surface area contributed by atoms with Gasteiger partial charge in [0, 0.05) is 34.1 Å². The molecule has 0 saturated heterocycles. The van der Waals surface area contributed by atoms with Crippen molar-refractivity contribution in [3.63, 3.8) is 0 Å².